The molecule has 1 amide bonds. The molecular weight excluding hydrogens is 548 g/mol. The number of carboxylic acids is 1. The van der Waals surface area contributed by atoms with Crippen LogP contribution in [0.3, 0.4) is 0 Å². The average Bonchev–Trinajstić information content (AvgIpc) is 3.28. The molecule has 3 N–H and O–H groups in total. The van der Waals surface area contributed by atoms with Crippen LogP contribution in [0.4, 0.5) is 10.2 Å². The number of amides is 1. The molecule has 10 heteroatoms. The van der Waals surface area contributed by atoms with Gasteiger partial charge in [-0.05, 0) is 68.5 Å². The molecular formula is C32H33FN3NaO5. The standard InChI is InChI=1S/C32H34FN3O5.Na/c1-20(2)36-26(16-15-24(37)18-25(38)19-28(39)40)29(22-11-13-23(33)14-12-22)30(21-8-4-3-5-9-21)31(36)32(41)35-27-10-6-7-17-34-27;/h3-14,17,20,24-25,37-38H,15-16,18-19H2,1-2H3,(H,39,40)(H,34,35,41);/q;+1/p-1/t24-,25-;/m1./s1. The molecule has 0 radical (unpaired) electrons. The van der Waals surface area contributed by atoms with Crippen molar-refractivity contribution < 1.29 is 58.9 Å². The Morgan fingerprint density at radius 3 is 2.17 bits per heavy atom. The fraction of sp³-hybridized carbons (Fsp3) is 0.281. The molecule has 0 aliphatic carbocycles. The van der Waals surface area contributed by atoms with Gasteiger partial charge < -0.3 is 30.0 Å². The van der Waals surface area contributed by atoms with Crippen molar-refractivity contribution in [1.29, 1.82) is 0 Å². The number of aliphatic hydroxyl groups excluding tert-OH is 2. The summed E-state index contributed by atoms with van der Waals surface area (Å²) in [6.45, 7) is 3.90. The topological polar surface area (TPSA) is 128 Å². The van der Waals surface area contributed by atoms with Crippen molar-refractivity contribution in [3.8, 4) is 22.3 Å². The number of carbonyl (C=O) groups excluding carboxylic acids is 2. The number of aromatic nitrogens is 2. The van der Waals surface area contributed by atoms with Gasteiger partial charge in [0.1, 0.15) is 17.3 Å². The van der Waals surface area contributed by atoms with E-state index in [-0.39, 0.29) is 54.3 Å². The van der Waals surface area contributed by atoms with Crippen LogP contribution in [-0.4, -0.2) is 43.8 Å². The van der Waals surface area contributed by atoms with Gasteiger partial charge in [0.25, 0.3) is 5.91 Å². The molecule has 0 saturated heterocycles. The number of anilines is 1. The molecule has 0 bridgehead atoms. The Hall–Kier alpha value is -3.34. The Morgan fingerprint density at radius 2 is 1.57 bits per heavy atom. The molecule has 4 aromatic rings. The van der Waals surface area contributed by atoms with Crippen LogP contribution >= 0.6 is 0 Å². The first-order valence-electron chi connectivity index (χ1n) is 13.5. The smallest absolute Gasteiger partial charge is 0.550 e. The van der Waals surface area contributed by atoms with Crippen LogP contribution in [0.25, 0.3) is 22.3 Å². The molecule has 8 nitrogen and oxygen atoms in total. The first kappa shape index (κ1) is 33.2. The Labute approximate surface area is 266 Å². The molecule has 0 saturated carbocycles. The Bertz CT molecular complexity index is 1480. The molecule has 0 fully saturated rings. The van der Waals surface area contributed by atoms with Gasteiger partial charge in [-0.15, -0.1) is 0 Å². The number of carboxylic acid groups (broad SMARTS) is 1. The summed E-state index contributed by atoms with van der Waals surface area (Å²) < 4.78 is 15.9. The number of pyridine rings is 1. The number of halogens is 1. The summed E-state index contributed by atoms with van der Waals surface area (Å²) >= 11 is 0. The zero-order valence-electron chi connectivity index (χ0n) is 24.0. The predicted molar refractivity (Wildman–Crippen MR) is 152 cm³/mol. The summed E-state index contributed by atoms with van der Waals surface area (Å²) in [6.07, 6.45) is -0.904. The van der Waals surface area contributed by atoms with E-state index in [1.54, 1.807) is 36.5 Å². The molecule has 42 heavy (non-hydrogen) atoms. The van der Waals surface area contributed by atoms with Crippen molar-refractivity contribution in [2.24, 2.45) is 0 Å². The van der Waals surface area contributed by atoms with Crippen molar-refractivity contribution in [1.82, 2.24) is 9.55 Å². The van der Waals surface area contributed by atoms with Crippen LogP contribution in [-0.2, 0) is 11.2 Å². The molecule has 2 aromatic carbocycles. The second-order valence-corrected chi connectivity index (χ2v) is 10.2. The van der Waals surface area contributed by atoms with E-state index in [1.807, 2.05) is 48.7 Å². The van der Waals surface area contributed by atoms with Gasteiger partial charge in [0, 0.05) is 41.4 Å². The maximum Gasteiger partial charge on any atom is 1.00 e. The SMILES string of the molecule is CC(C)n1c(CC[C@@H](O)C[C@@H](O)CC(=O)[O-])c(-c2ccc(F)cc2)c(-c2ccccc2)c1C(=O)Nc1ccccn1.[Na+]. The van der Waals surface area contributed by atoms with Crippen LogP contribution in [0.5, 0.6) is 0 Å². The van der Waals surface area contributed by atoms with Gasteiger partial charge in [-0.1, -0.05) is 48.5 Å². The van der Waals surface area contributed by atoms with E-state index < -0.39 is 30.4 Å². The van der Waals surface area contributed by atoms with Crippen molar-refractivity contribution in [2.45, 2.75) is 57.8 Å². The summed E-state index contributed by atoms with van der Waals surface area (Å²) in [4.78, 5) is 29.1. The first-order valence-corrected chi connectivity index (χ1v) is 13.5. The minimum atomic E-state index is -1.40. The normalized spacial score (nSPS) is 12.4. The second kappa shape index (κ2) is 15.2. The van der Waals surface area contributed by atoms with Gasteiger partial charge in [-0.25, -0.2) is 9.37 Å². The van der Waals surface area contributed by atoms with Crippen molar-refractivity contribution in [3.05, 3.63) is 96.2 Å². The van der Waals surface area contributed by atoms with E-state index in [2.05, 4.69) is 10.3 Å². The van der Waals surface area contributed by atoms with Gasteiger partial charge in [0.2, 0.25) is 0 Å². The van der Waals surface area contributed by atoms with Crippen molar-refractivity contribution in [2.75, 3.05) is 5.32 Å². The molecule has 0 aliphatic rings. The van der Waals surface area contributed by atoms with Gasteiger partial charge in [0.15, 0.2) is 0 Å². The van der Waals surface area contributed by atoms with E-state index in [1.165, 1.54) is 12.1 Å². The fourth-order valence-electron chi connectivity index (χ4n) is 5.11. The zero-order chi connectivity index (χ0) is 29.5. The monoisotopic (exact) mass is 581 g/mol. The van der Waals surface area contributed by atoms with Gasteiger partial charge in [-0.2, -0.15) is 0 Å². The third-order valence-corrected chi connectivity index (χ3v) is 6.80. The molecule has 214 valence electrons. The van der Waals surface area contributed by atoms with Crippen molar-refractivity contribution in [3.63, 3.8) is 0 Å². The number of aliphatic hydroxyl groups is 2. The van der Waals surface area contributed by atoms with Crippen LogP contribution in [0, 0.1) is 5.82 Å². The van der Waals surface area contributed by atoms with Crippen LogP contribution < -0.4 is 40.0 Å². The Morgan fingerprint density at radius 1 is 0.929 bits per heavy atom. The summed E-state index contributed by atoms with van der Waals surface area (Å²) in [6, 6.07) is 20.5. The molecule has 0 aliphatic heterocycles. The third-order valence-electron chi connectivity index (χ3n) is 6.80. The van der Waals surface area contributed by atoms with Gasteiger partial charge in [0.05, 0.1) is 12.2 Å². The van der Waals surface area contributed by atoms with Gasteiger partial charge >= 0.3 is 29.6 Å². The number of nitrogens with zero attached hydrogens (tertiary/aromatic N) is 2. The maximum atomic E-state index is 14.0. The molecule has 4 rings (SSSR count). The van der Waals surface area contributed by atoms with Crippen LogP contribution in [0.1, 0.15) is 55.3 Å². The van der Waals surface area contributed by atoms with Crippen molar-refractivity contribution >= 4 is 17.7 Å². The Kier molecular flexibility index (Phi) is 12.0. The molecule has 2 aromatic heterocycles. The first-order chi connectivity index (χ1) is 19.7. The number of carbonyl (C=O) groups is 2. The third kappa shape index (κ3) is 8.14. The zero-order valence-corrected chi connectivity index (χ0v) is 26.0. The largest absolute Gasteiger partial charge is 1.00 e. The van der Waals surface area contributed by atoms with Crippen LogP contribution in [0.15, 0.2) is 79.0 Å². The number of hydrogen-bond acceptors (Lipinski definition) is 6. The van der Waals surface area contributed by atoms with Crippen LogP contribution in [0.2, 0.25) is 0 Å². The minimum absolute atomic E-state index is 0. The quantitative estimate of drug-likeness (QED) is 0.217. The van der Waals surface area contributed by atoms with E-state index in [9.17, 15) is 29.3 Å². The van der Waals surface area contributed by atoms with Gasteiger partial charge in [-0.3, -0.25) is 4.79 Å². The number of rotatable bonds is 12. The predicted octanol–water partition coefficient (Wildman–Crippen LogP) is 1.38. The fourth-order valence-corrected chi connectivity index (χ4v) is 5.11. The summed E-state index contributed by atoms with van der Waals surface area (Å²) in [5.74, 6) is -1.79. The molecule has 2 atom stereocenters. The van der Waals surface area contributed by atoms with E-state index >= 15 is 0 Å². The second-order valence-electron chi connectivity index (χ2n) is 10.2. The number of hydrogen-bond donors (Lipinski definition) is 3. The Balaban J connectivity index is 0.00000484. The number of benzene rings is 2. The van der Waals surface area contributed by atoms with E-state index in [0.717, 1.165) is 16.8 Å². The average molecular weight is 582 g/mol. The number of aliphatic carboxylic acids is 1. The maximum absolute atomic E-state index is 14.0. The summed E-state index contributed by atoms with van der Waals surface area (Å²) in [7, 11) is 0. The number of nitrogens with one attached hydrogen (secondary N) is 1. The minimum Gasteiger partial charge on any atom is -0.550 e. The summed E-state index contributed by atoms with van der Waals surface area (Å²) in [5, 5.41) is 34.5. The van der Waals surface area contributed by atoms with E-state index in [0.29, 0.717) is 29.1 Å². The molecule has 2 heterocycles. The summed E-state index contributed by atoms with van der Waals surface area (Å²) in [5.41, 5.74) is 3.98. The molecule has 0 spiro atoms. The van der Waals surface area contributed by atoms with E-state index in [4.69, 9.17) is 0 Å². The molecule has 0 unspecified atom stereocenters.